The highest BCUT2D eigenvalue weighted by molar-refractivity contribution is 5.76. The van der Waals surface area contributed by atoms with Gasteiger partial charge in [-0.2, -0.15) is 0 Å². The molecule has 6 nitrogen and oxygen atoms in total. The van der Waals surface area contributed by atoms with Gasteiger partial charge in [0, 0.05) is 12.8 Å². The number of hydrogen-bond acceptors (Lipinski definition) is 5. The lowest BCUT2D eigenvalue weighted by Crippen LogP contribution is -2.45. The number of carbonyl (C=O) groups is 2. The lowest BCUT2D eigenvalue weighted by atomic mass is 10.0. The first-order chi connectivity index (χ1) is 44.5. The van der Waals surface area contributed by atoms with E-state index in [4.69, 9.17) is 4.74 Å². The molecule has 0 aliphatic carbocycles. The summed E-state index contributed by atoms with van der Waals surface area (Å²) in [4.78, 5) is 24.7. The Morgan fingerprint density at radius 2 is 0.456 bits per heavy atom. The molecule has 90 heavy (non-hydrogen) atoms. The highest BCUT2D eigenvalue weighted by atomic mass is 16.5. The Morgan fingerprint density at radius 3 is 0.678 bits per heavy atom. The van der Waals surface area contributed by atoms with Gasteiger partial charge in [-0.15, -0.1) is 0 Å². The Balaban J connectivity index is 3.29. The third-order valence-electron chi connectivity index (χ3n) is 20.4. The molecule has 2 atom stereocenters. The van der Waals surface area contributed by atoms with Crippen molar-refractivity contribution >= 4 is 11.9 Å². The van der Waals surface area contributed by atoms with Crippen molar-refractivity contribution in [2.24, 2.45) is 0 Å². The molecule has 3 N–H and O–H groups in total. The fourth-order valence-electron chi connectivity index (χ4n) is 14.0. The van der Waals surface area contributed by atoms with Crippen LogP contribution in [0.1, 0.15) is 502 Å². The second kappa shape index (κ2) is 80.3. The number of aliphatic hydroxyl groups excluding tert-OH is 2. The molecule has 0 aromatic heterocycles. The van der Waals surface area contributed by atoms with Crippen LogP contribution in [0.5, 0.6) is 0 Å². The number of aliphatic hydroxyl groups is 2. The maximum Gasteiger partial charge on any atom is 0.305 e. The van der Waals surface area contributed by atoms with E-state index in [1.165, 1.54) is 430 Å². The van der Waals surface area contributed by atoms with E-state index in [2.05, 4.69) is 19.2 Å². The fraction of sp³-hybridized carbons (Fsp3) is 0.976. The second-order valence-electron chi connectivity index (χ2n) is 29.5. The first-order valence-corrected chi connectivity index (χ1v) is 42.3. The Labute approximate surface area is 566 Å². The largest absolute Gasteiger partial charge is 0.466 e. The Kier molecular flexibility index (Phi) is 79.3. The molecule has 0 spiro atoms. The van der Waals surface area contributed by atoms with Crippen LogP contribution in [0.2, 0.25) is 0 Å². The molecular weight excluding hydrogens is 1100 g/mol. The predicted octanol–water partition coefficient (Wildman–Crippen LogP) is 28.1. The molecule has 538 valence electrons. The van der Waals surface area contributed by atoms with Crippen molar-refractivity contribution in [1.29, 1.82) is 0 Å². The summed E-state index contributed by atoms with van der Waals surface area (Å²) in [6.45, 7) is 5.03. The number of hydrogen-bond donors (Lipinski definition) is 3. The molecule has 0 bridgehead atoms. The summed E-state index contributed by atoms with van der Waals surface area (Å²) < 4.78 is 5.51. The first kappa shape index (κ1) is 88.9. The van der Waals surface area contributed by atoms with E-state index < -0.39 is 12.1 Å². The van der Waals surface area contributed by atoms with Crippen LogP contribution in [0.3, 0.4) is 0 Å². The highest BCUT2D eigenvalue weighted by Gasteiger charge is 2.20. The standard InChI is InChI=1S/C84H167NO5/c1-3-5-7-9-11-13-15-17-19-20-21-39-42-45-49-52-56-60-64-68-72-76-82(87)81(80-86)85-83(88)77-73-69-65-61-57-53-50-46-43-40-37-35-33-31-29-27-25-23-22-24-26-28-30-32-34-36-38-41-44-47-51-55-59-63-67-71-75-79-90-84(89)78-74-70-66-62-58-54-48-18-16-14-12-10-8-6-4-2/h81-82,86-87H,3-80H2,1-2H3,(H,85,88). The van der Waals surface area contributed by atoms with E-state index in [1.807, 2.05) is 0 Å². The van der Waals surface area contributed by atoms with E-state index in [1.54, 1.807) is 0 Å². The predicted molar refractivity (Wildman–Crippen MR) is 398 cm³/mol. The fourth-order valence-corrected chi connectivity index (χ4v) is 14.0. The summed E-state index contributed by atoms with van der Waals surface area (Å²) in [6, 6.07) is -0.537. The zero-order valence-electron chi connectivity index (χ0n) is 61.9. The van der Waals surface area contributed by atoms with Gasteiger partial charge >= 0.3 is 5.97 Å². The molecule has 0 radical (unpaired) electrons. The van der Waals surface area contributed by atoms with Crippen molar-refractivity contribution in [2.45, 2.75) is 514 Å². The minimum absolute atomic E-state index is 0.0229. The van der Waals surface area contributed by atoms with Crippen molar-refractivity contribution < 1.29 is 24.5 Å². The van der Waals surface area contributed by atoms with Gasteiger partial charge in [0.1, 0.15) is 0 Å². The average Bonchev–Trinajstić information content (AvgIpc) is 3.60. The lowest BCUT2D eigenvalue weighted by Gasteiger charge is -2.22. The Bertz CT molecular complexity index is 1320. The van der Waals surface area contributed by atoms with Crippen molar-refractivity contribution in [3.05, 3.63) is 0 Å². The molecule has 0 fully saturated rings. The third-order valence-corrected chi connectivity index (χ3v) is 20.4. The first-order valence-electron chi connectivity index (χ1n) is 42.3. The molecule has 0 aliphatic rings. The van der Waals surface area contributed by atoms with Gasteiger partial charge in [0.05, 0.1) is 25.4 Å². The summed E-state index contributed by atoms with van der Waals surface area (Å²) in [5, 5.41) is 23.5. The maximum atomic E-state index is 12.6. The zero-order valence-corrected chi connectivity index (χ0v) is 61.9. The zero-order chi connectivity index (χ0) is 64.9. The van der Waals surface area contributed by atoms with Gasteiger partial charge in [-0.25, -0.2) is 0 Å². The number of ether oxygens (including phenoxy) is 1. The Hall–Kier alpha value is -1.14. The maximum absolute atomic E-state index is 12.6. The van der Waals surface area contributed by atoms with Gasteiger partial charge in [0.2, 0.25) is 5.91 Å². The van der Waals surface area contributed by atoms with Gasteiger partial charge < -0.3 is 20.3 Å². The van der Waals surface area contributed by atoms with Gasteiger partial charge in [0.25, 0.3) is 0 Å². The summed E-state index contributed by atoms with van der Waals surface area (Å²) in [6.07, 6.45) is 101. The molecule has 0 saturated carbocycles. The van der Waals surface area contributed by atoms with Crippen LogP contribution >= 0.6 is 0 Å². The normalized spacial score (nSPS) is 12.4. The van der Waals surface area contributed by atoms with Gasteiger partial charge in [0.15, 0.2) is 0 Å². The van der Waals surface area contributed by atoms with Crippen LogP contribution in [0, 0.1) is 0 Å². The van der Waals surface area contributed by atoms with Crippen LogP contribution in [0.4, 0.5) is 0 Å². The van der Waals surface area contributed by atoms with Crippen LogP contribution in [-0.4, -0.2) is 47.4 Å². The van der Waals surface area contributed by atoms with Gasteiger partial charge in [-0.3, -0.25) is 9.59 Å². The number of carbonyl (C=O) groups excluding carboxylic acids is 2. The molecule has 0 aromatic rings. The second-order valence-corrected chi connectivity index (χ2v) is 29.5. The smallest absolute Gasteiger partial charge is 0.305 e. The monoisotopic (exact) mass is 1270 g/mol. The molecule has 6 heteroatoms. The minimum Gasteiger partial charge on any atom is -0.466 e. The van der Waals surface area contributed by atoms with Crippen LogP contribution in [0.15, 0.2) is 0 Å². The molecule has 0 aromatic carbocycles. The van der Waals surface area contributed by atoms with E-state index in [0.29, 0.717) is 25.9 Å². The summed E-state index contributed by atoms with van der Waals surface area (Å²) in [7, 11) is 0. The summed E-state index contributed by atoms with van der Waals surface area (Å²) in [5.41, 5.74) is 0. The Morgan fingerprint density at radius 1 is 0.267 bits per heavy atom. The minimum atomic E-state index is -0.660. The third kappa shape index (κ3) is 75.9. The number of esters is 1. The number of rotatable bonds is 81. The van der Waals surface area contributed by atoms with Crippen molar-refractivity contribution in [1.82, 2.24) is 5.32 Å². The van der Waals surface area contributed by atoms with E-state index in [-0.39, 0.29) is 18.5 Å². The summed E-state index contributed by atoms with van der Waals surface area (Å²) >= 11 is 0. The molecular formula is C84H167NO5. The topological polar surface area (TPSA) is 95.9 Å². The summed E-state index contributed by atoms with van der Waals surface area (Å²) in [5.74, 6) is 0.00499. The van der Waals surface area contributed by atoms with Gasteiger partial charge in [-0.1, -0.05) is 463 Å². The molecule has 2 unspecified atom stereocenters. The van der Waals surface area contributed by atoms with E-state index >= 15 is 0 Å². The SMILES string of the molecule is CCCCCCCCCCCCCCCCCCCCCCCC(O)C(CO)NC(=O)CCCCCCCCCCCCCCCCCCCCCCCCCCCCCCCCCCCCCCCOC(=O)CCCCCCCCCCCCCCCCC. The number of nitrogens with one attached hydrogen (secondary N) is 1. The highest BCUT2D eigenvalue weighted by Crippen LogP contribution is 2.21. The van der Waals surface area contributed by atoms with Crippen LogP contribution in [0.25, 0.3) is 0 Å². The number of amides is 1. The number of unbranched alkanes of at least 4 members (excludes halogenated alkanes) is 70. The average molecular weight is 1270 g/mol. The van der Waals surface area contributed by atoms with E-state index in [0.717, 1.165) is 38.5 Å². The van der Waals surface area contributed by atoms with Crippen molar-refractivity contribution in [2.75, 3.05) is 13.2 Å². The quantitative estimate of drug-likeness (QED) is 0.0417. The van der Waals surface area contributed by atoms with Crippen LogP contribution in [-0.2, 0) is 14.3 Å². The van der Waals surface area contributed by atoms with E-state index in [9.17, 15) is 19.8 Å². The van der Waals surface area contributed by atoms with Crippen molar-refractivity contribution in [3.63, 3.8) is 0 Å². The lowest BCUT2D eigenvalue weighted by molar-refractivity contribution is -0.143. The molecule has 0 rings (SSSR count). The molecule has 0 heterocycles. The molecule has 1 amide bonds. The van der Waals surface area contributed by atoms with Gasteiger partial charge in [-0.05, 0) is 25.7 Å². The molecule has 0 saturated heterocycles. The molecule has 0 aliphatic heterocycles. The van der Waals surface area contributed by atoms with Crippen molar-refractivity contribution in [3.8, 4) is 0 Å². The van der Waals surface area contributed by atoms with Crippen LogP contribution < -0.4 is 5.32 Å².